The van der Waals surface area contributed by atoms with E-state index in [9.17, 15) is 18.0 Å². The molecule has 0 spiro atoms. The van der Waals surface area contributed by atoms with Gasteiger partial charge < -0.3 is 5.48 Å². The molecule has 0 saturated heterocycles. The molecule has 86 valence electrons. The molecular formula is C8H7NO6S. The maximum atomic E-state index is 11.2. The molecule has 0 aromatic heterocycles. The number of fused-ring (bicyclic) bond motifs is 1. The predicted octanol–water partition coefficient (Wildman–Crippen LogP) is -1.01. The Balaban J connectivity index is 0.00000128. The van der Waals surface area contributed by atoms with Crippen LogP contribution in [0, 0.1) is 0 Å². The summed E-state index contributed by atoms with van der Waals surface area (Å²) in [6.45, 7) is 0. The summed E-state index contributed by atoms with van der Waals surface area (Å²) in [4.78, 5) is 21.8. The van der Waals surface area contributed by atoms with E-state index in [1.807, 2.05) is 5.32 Å². The van der Waals surface area contributed by atoms with E-state index >= 15 is 0 Å². The average Bonchev–Trinajstić information content (AvgIpc) is 2.41. The van der Waals surface area contributed by atoms with Crippen LogP contribution < -0.4 is 5.32 Å². The van der Waals surface area contributed by atoms with Crippen molar-refractivity contribution in [3.05, 3.63) is 29.3 Å². The van der Waals surface area contributed by atoms with Crippen LogP contribution in [0.1, 0.15) is 20.7 Å². The van der Waals surface area contributed by atoms with Crippen LogP contribution in [0.5, 0.6) is 0 Å². The Morgan fingerprint density at radius 1 is 1.12 bits per heavy atom. The molecule has 1 aromatic rings. The van der Waals surface area contributed by atoms with E-state index in [1.165, 1.54) is 12.1 Å². The molecule has 16 heavy (non-hydrogen) atoms. The summed E-state index contributed by atoms with van der Waals surface area (Å²) in [5, 5.41) is 1.94. The summed E-state index contributed by atoms with van der Waals surface area (Å²) < 4.78 is 30.7. The molecule has 0 atom stereocenters. The minimum atomic E-state index is -4.50. The first-order chi connectivity index (χ1) is 6.91. The van der Waals surface area contributed by atoms with Gasteiger partial charge in [0.2, 0.25) is 0 Å². The number of amides is 2. The molecule has 8 heteroatoms. The normalized spacial score (nSPS) is 14.1. The zero-order valence-corrected chi connectivity index (χ0v) is 8.54. The first-order valence-electron chi connectivity index (χ1n) is 3.87. The SMILES string of the molecule is O.O=C1NC(=O)c2c1cccc2S(=O)(=O)O. The quantitative estimate of drug-likeness (QED) is 0.483. The summed E-state index contributed by atoms with van der Waals surface area (Å²) >= 11 is 0. The zero-order chi connectivity index (χ0) is 11.2. The van der Waals surface area contributed by atoms with Gasteiger partial charge >= 0.3 is 0 Å². The van der Waals surface area contributed by atoms with Crippen LogP contribution in [0.15, 0.2) is 23.1 Å². The summed E-state index contributed by atoms with van der Waals surface area (Å²) in [6.07, 6.45) is 0. The predicted molar refractivity (Wildman–Crippen MR) is 51.7 cm³/mol. The Kier molecular flexibility index (Phi) is 2.82. The highest BCUT2D eigenvalue weighted by Crippen LogP contribution is 2.23. The fourth-order valence-electron chi connectivity index (χ4n) is 1.40. The van der Waals surface area contributed by atoms with Gasteiger partial charge in [0, 0.05) is 0 Å². The summed E-state index contributed by atoms with van der Waals surface area (Å²) in [5.41, 5.74) is -0.347. The van der Waals surface area contributed by atoms with Crippen molar-refractivity contribution in [1.29, 1.82) is 0 Å². The molecule has 0 bridgehead atoms. The second kappa shape index (κ2) is 3.67. The monoisotopic (exact) mass is 245 g/mol. The fourth-order valence-corrected chi connectivity index (χ4v) is 2.11. The van der Waals surface area contributed by atoms with Crippen molar-refractivity contribution in [2.75, 3.05) is 0 Å². The standard InChI is InChI=1S/C8H5NO5S.H2O/c10-7-4-2-1-3-5(15(12,13)14)6(4)8(11)9-7;/h1-3H,(H,9,10,11)(H,12,13,14);1H2. The number of hydrogen-bond donors (Lipinski definition) is 2. The highest BCUT2D eigenvalue weighted by Gasteiger charge is 2.32. The lowest BCUT2D eigenvalue weighted by molar-refractivity contribution is 0.0878. The molecule has 2 rings (SSSR count). The average molecular weight is 245 g/mol. The van der Waals surface area contributed by atoms with Crippen LogP contribution in [0.4, 0.5) is 0 Å². The van der Waals surface area contributed by atoms with Crippen molar-refractivity contribution in [3.63, 3.8) is 0 Å². The van der Waals surface area contributed by atoms with Crippen molar-refractivity contribution >= 4 is 21.9 Å². The van der Waals surface area contributed by atoms with Gasteiger partial charge in [0.1, 0.15) is 4.90 Å². The first-order valence-corrected chi connectivity index (χ1v) is 5.31. The van der Waals surface area contributed by atoms with Crippen LogP contribution in [-0.4, -0.2) is 30.3 Å². The van der Waals surface area contributed by atoms with Crippen molar-refractivity contribution in [3.8, 4) is 0 Å². The lowest BCUT2D eigenvalue weighted by Crippen LogP contribution is -2.20. The maximum Gasteiger partial charge on any atom is 0.295 e. The van der Waals surface area contributed by atoms with E-state index in [4.69, 9.17) is 4.55 Å². The molecule has 2 amide bonds. The number of carbonyl (C=O) groups is 2. The maximum absolute atomic E-state index is 11.2. The van der Waals surface area contributed by atoms with E-state index in [-0.39, 0.29) is 16.6 Å². The molecule has 1 aromatic carbocycles. The van der Waals surface area contributed by atoms with Gasteiger partial charge in [-0.1, -0.05) is 6.07 Å². The second-order valence-corrected chi connectivity index (χ2v) is 4.33. The third-order valence-corrected chi connectivity index (χ3v) is 2.90. The second-order valence-electron chi connectivity index (χ2n) is 2.94. The summed E-state index contributed by atoms with van der Waals surface area (Å²) in [5.74, 6) is -1.48. The van der Waals surface area contributed by atoms with Gasteiger partial charge in [-0.25, -0.2) is 0 Å². The van der Waals surface area contributed by atoms with Crippen molar-refractivity contribution < 1.29 is 28.0 Å². The molecule has 0 unspecified atom stereocenters. The van der Waals surface area contributed by atoms with Gasteiger partial charge in [-0.15, -0.1) is 0 Å². The van der Waals surface area contributed by atoms with Crippen LogP contribution in [-0.2, 0) is 10.1 Å². The molecule has 0 aliphatic carbocycles. The fraction of sp³-hybridized carbons (Fsp3) is 0. The molecule has 0 radical (unpaired) electrons. The van der Waals surface area contributed by atoms with Crippen LogP contribution >= 0.6 is 0 Å². The highest BCUT2D eigenvalue weighted by atomic mass is 32.2. The van der Waals surface area contributed by atoms with Crippen LogP contribution in [0.3, 0.4) is 0 Å². The van der Waals surface area contributed by atoms with Gasteiger partial charge in [0.15, 0.2) is 0 Å². The van der Waals surface area contributed by atoms with Crippen molar-refractivity contribution in [2.24, 2.45) is 0 Å². The number of imide groups is 1. The molecule has 1 aliphatic rings. The Hall–Kier alpha value is -1.77. The van der Waals surface area contributed by atoms with Crippen LogP contribution in [0.25, 0.3) is 0 Å². The van der Waals surface area contributed by atoms with Crippen LogP contribution in [0.2, 0.25) is 0 Å². The third kappa shape index (κ3) is 1.69. The zero-order valence-electron chi connectivity index (χ0n) is 7.72. The Morgan fingerprint density at radius 3 is 2.31 bits per heavy atom. The largest absolute Gasteiger partial charge is 0.412 e. The van der Waals surface area contributed by atoms with E-state index in [0.717, 1.165) is 6.07 Å². The van der Waals surface area contributed by atoms with Gasteiger partial charge in [-0.3, -0.25) is 19.5 Å². The number of benzene rings is 1. The van der Waals surface area contributed by atoms with Gasteiger partial charge in [-0.05, 0) is 12.1 Å². The number of nitrogens with one attached hydrogen (secondary N) is 1. The minimum absolute atomic E-state index is 0. The molecule has 0 saturated carbocycles. The van der Waals surface area contributed by atoms with E-state index in [1.54, 1.807) is 0 Å². The number of hydrogen-bond acceptors (Lipinski definition) is 4. The molecule has 4 N–H and O–H groups in total. The summed E-state index contributed by atoms with van der Waals surface area (Å²) in [7, 11) is -4.50. The number of carbonyl (C=O) groups excluding carboxylic acids is 2. The Morgan fingerprint density at radius 2 is 1.75 bits per heavy atom. The summed E-state index contributed by atoms with van der Waals surface area (Å²) in [6, 6.07) is 3.65. The molecule has 1 aliphatic heterocycles. The van der Waals surface area contributed by atoms with E-state index in [0.29, 0.717) is 0 Å². The number of rotatable bonds is 1. The lowest BCUT2D eigenvalue weighted by Gasteiger charge is -2.00. The molecule has 7 nitrogen and oxygen atoms in total. The van der Waals surface area contributed by atoms with Crippen molar-refractivity contribution in [2.45, 2.75) is 4.90 Å². The molecule has 0 fully saturated rings. The van der Waals surface area contributed by atoms with Crippen molar-refractivity contribution in [1.82, 2.24) is 5.32 Å². The Bertz CT molecular complexity index is 576. The van der Waals surface area contributed by atoms with E-state index in [2.05, 4.69) is 0 Å². The Labute approximate surface area is 90.1 Å². The van der Waals surface area contributed by atoms with Gasteiger partial charge in [0.25, 0.3) is 21.9 Å². The lowest BCUT2D eigenvalue weighted by atomic mass is 10.1. The molecular weight excluding hydrogens is 238 g/mol. The van der Waals surface area contributed by atoms with E-state index < -0.39 is 26.8 Å². The molecule has 1 heterocycles. The topological polar surface area (TPSA) is 132 Å². The first kappa shape index (κ1) is 12.3. The van der Waals surface area contributed by atoms with Gasteiger partial charge in [0.05, 0.1) is 11.1 Å². The smallest absolute Gasteiger partial charge is 0.295 e. The highest BCUT2D eigenvalue weighted by molar-refractivity contribution is 7.86. The minimum Gasteiger partial charge on any atom is -0.412 e. The van der Waals surface area contributed by atoms with Gasteiger partial charge in [-0.2, -0.15) is 8.42 Å². The third-order valence-electron chi connectivity index (χ3n) is 2.00.